The maximum absolute atomic E-state index is 12.3. The minimum Gasteiger partial charge on any atom is -0.482 e. The molecule has 25 heavy (non-hydrogen) atoms. The number of carbonyl (C=O) groups is 1. The van der Waals surface area contributed by atoms with E-state index in [1.165, 1.54) is 18.2 Å². The standard InChI is InChI=1S/C16H16Cl2N2O4S/c1-10-3-4-11(2)15(7-10)25(22,23)20-19-16(21)9-24-14-6-5-12(17)8-13(14)18/h3-8,20H,9H2,1-2H3,(H,19,21). The molecule has 0 fully saturated rings. The van der Waals surface area contributed by atoms with Crippen molar-refractivity contribution < 1.29 is 17.9 Å². The Balaban J connectivity index is 1.96. The minimum absolute atomic E-state index is 0.0921. The van der Waals surface area contributed by atoms with Gasteiger partial charge in [0.15, 0.2) is 6.61 Å². The highest BCUT2D eigenvalue weighted by Crippen LogP contribution is 2.27. The lowest BCUT2D eigenvalue weighted by Crippen LogP contribution is -2.43. The summed E-state index contributed by atoms with van der Waals surface area (Å²) in [6, 6.07) is 9.56. The van der Waals surface area contributed by atoms with Crippen molar-refractivity contribution in [3.05, 3.63) is 57.6 Å². The number of carbonyl (C=O) groups excluding carboxylic acids is 1. The van der Waals surface area contributed by atoms with Crippen molar-refractivity contribution >= 4 is 39.1 Å². The van der Waals surface area contributed by atoms with E-state index in [-0.39, 0.29) is 15.7 Å². The van der Waals surface area contributed by atoms with Crippen LogP contribution < -0.4 is 15.0 Å². The van der Waals surface area contributed by atoms with Gasteiger partial charge in [-0.2, -0.15) is 0 Å². The third-order valence-corrected chi connectivity index (χ3v) is 5.13. The highest BCUT2D eigenvalue weighted by Gasteiger charge is 2.18. The van der Waals surface area contributed by atoms with Crippen LogP contribution in [0.4, 0.5) is 0 Å². The van der Waals surface area contributed by atoms with Gasteiger partial charge in [-0.1, -0.05) is 35.3 Å². The molecule has 0 heterocycles. The summed E-state index contributed by atoms with van der Waals surface area (Å²) in [5, 5.41) is 0.680. The second-order valence-electron chi connectivity index (χ2n) is 5.29. The van der Waals surface area contributed by atoms with Gasteiger partial charge in [0.05, 0.1) is 9.92 Å². The Hall–Kier alpha value is -1.80. The van der Waals surface area contributed by atoms with Crippen molar-refractivity contribution in [2.75, 3.05) is 6.61 Å². The van der Waals surface area contributed by atoms with E-state index in [0.717, 1.165) is 5.56 Å². The molecule has 0 radical (unpaired) electrons. The highest BCUT2D eigenvalue weighted by atomic mass is 35.5. The maximum atomic E-state index is 12.3. The van der Waals surface area contributed by atoms with Crippen LogP contribution in [0, 0.1) is 13.8 Å². The summed E-state index contributed by atoms with van der Waals surface area (Å²) < 4.78 is 29.8. The molecule has 0 saturated carbocycles. The van der Waals surface area contributed by atoms with E-state index in [1.54, 1.807) is 32.0 Å². The summed E-state index contributed by atoms with van der Waals surface area (Å²) in [6.45, 7) is 3.03. The molecule has 0 aliphatic rings. The van der Waals surface area contributed by atoms with Crippen LogP contribution in [-0.2, 0) is 14.8 Å². The monoisotopic (exact) mass is 402 g/mol. The lowest BCUT2D eigenvalue weighted by Gasteiger charge is -2.12. The number of hydrogen-bond acceptors (Lipinski definition) is 4. The summed E-state index contributed by atoms with van der Waals surface area (Å²) in [7, 11) is -3.89. The van der Waals surface area contributed by atoms with Crippen LogP contribution in [0.2, 0.25) is 10.0 Å². The summed E-state index contributed by atoms with van der Waals surface area (Å²) >= 11 is 11.7. The number of nitrogens with one attached hydrogen (secondary N) is 2. The Morgan fingerprint density at radius 1 is 1.12 bits per heavy atom. The maximum Gasteiger partial charge on any atom is 0.272 e. The Morgan fingerprint density at radius 2 is 1.84 bits per heavy atom. The fraction of sp³-hybridized carbons (Fsp3) is 0.188. The molecule has 0 saturated heterocycles. The van der Waals surface area contributed by atoms with Gasteiger partial charge >= 0.3 is 0 Å². The molecule has 9 heteroatoms. The number of aryl methyl sites for hydroxylation is 2. The van der Waals surface area contributed by atoms with E-state index in [0.29, 0.717) is 10.6 Å². The molecule has 0 bridgehead atoms. The van der Waals surface area contributed by atoms with Crippen LogP contribution in [0.3, 0.4) is 0 Å². The van der Waals surface area contributed by atoms with Crippen LogP contribution in [0.25, 0.3) is 0 Å². The van der Waals surface area contributed by atoms with E-state index in [2.05, 4.69) is 5.43 Å². The molecular weight excluding hydrogens is 387 g/mol. The molecule has 2 N–H and O–H groups in total. The predicted molar refractivity (Wildman–Crippen MR) is 96.3 cm³/mol. The van der Waals surface area contributed by atoms with Crippen molar-refractivity contribution in [2.24, 2.45) is 0 Å². The molecule has 1 amide bonds. The van der Waals surface area contributed by atoms with Gasteiger partial charge in [-0.25, -0.2) is 8.42 Å². The van der Waals surface area contributed by atoms with Crippen molar-refractivity contribution in [3.63, 3.8) is 0 Å². The second-order valence-corrected chi connectivity index (χ2v) is 7.78. The number of ether oxygens (including phenoxy) is 1. The summed E-state index contributed by atoms with van der Waals surface area (Å²) in [6.07, 6.45) is 0. The molecule has 0 atom stereocenters. The molecule has 6 nitrogen and oxygen atoms in total. The molecule has 0 spiro atoms. The zero-order chi connectivity index (χ0) is 18.6. The van der Waals surface area contributed by atoms with E-state index >= 15 is 0 Å². The van der Waals surface area contributed by atoms with Crippen molar-refractivity contribution in [1.82, 2.24) is 10.3 Å². The van der Waals surface area contributed by atoms with E-state index < -0.39 is 22.5 Å². The normalized spacial score (nSPS) is 11.2. The molecule has 134 valence electrons. The highest BCUT2D eigenvalue weighted by molar-refractivity contribution is 7.89. The third-order valence-electron chi connectivity index (χ3n) is 3.21. The predicted octanol–water partition coefficient (Wildman–Crippen LogP) is 3.00. The van der Waals surface area contributed by atoms with Crippen LogP contribution >= 0.6 is 23.2 Å². The Kier molecular flexibility index (Phi) is 6.29. The number of hydrazine groups is 1. The van der Waals surface area contributed by atoms with Crippen LogP contribution in [0.5, 0.6) is 5.75 Å². The van der Waals surface area contributed by atoms with Crippen LogP contribution in [0.15, 0.2) is 41.3 Å². The number of halogens is 2. The first kappa shape index (κ1) is 19.5. The average molecular weight is 403 g/mol. The number of amides is 1. The molecule has 0 aliphatic heterocycles. The summed E-state index contributed by atoms with van der Waals surface area (Å²) in [4.78, 5) is 13.9. The Bertz CT molecular complexity index is 901. The largest absolute Gasteiger partial charge is 0.482 e. The zero-order valence-electron chi connectivity index (χ0n) is 13.5. The molecule has 0 aliphatic carbocycles. The van der Waals surface area contributed by atoms with Gasteiger partial charge in [0.25, 0.3) is 15.9 Å². The number of rotatable bonds is 6. The number of benzene rings is 2. The van der Waals surface area contributed by atoms with Gasteiger partial charge in [-0.3, -0.25) is 10.2 Å². The van der Waals surface area contributed by atoms with E-state index in [4.69, 9.17) is 27.9 Å². The lowest BCUT2D eigenvalue weighted by molar-refractivity contribution is -0.123. The third kappa shape index (κ3) is 5.34. The van der Waals surface area contributed by atoms with E-state index in [1.807, 2.05) is 4.83 Å². The molecule has 2 aromatic rings. The second kappa shape index (κ2) is 8.05. The average Bonchev–Trinajstić information content (AvgIpc) is 2.54. The fourth-order valence-corrected chi connectivity index (χ4v) is 3.60. The van der Waals surface area contributed by atoms with Crippen LogP contribution in [-0.4, -0.2) is 20.9 Å². The molecular formula is C16H16Cl2N2O4S. The molecule has 0 unspecified atom stereocenters. The lowest BCUT2D eigenvalue weighted by atomic mass is 10.2. The Morgan fingerprint density at radius 3 is 2.52 bits per heavy atom. The van der Waals surface area contributed by atoms with Gasteiger partial charge in [-0.05, 0) is 49.2 Å². The van der Waals surface area contributed by atoms with Gasteiger partial charge in [-0.15, -0.1) is 4.83 Å². The van der Waals surface area contributed by atoms with E-state index in [9.17, 15) is 13.2 Å². The summed E-state index contributed by atoms with van der Waals surface area (Å²) in [5.41, 5.74) is 3.45. The zero-order valence-corrected chi connectivity index (χ0v) is 15.8. The molecule has 2 aromatic carbocycles. The smallest absolute Gasteiger partial charge is 0.272 e. The number of hydrogen-bond donors (Lipinski definition) is 2. The first-order valence-electron chi connectivity index (χ1n) is 7.15. The minimum atomic E-state index is -3.89. The molecule has 0 aromatic heterocycles. The SMILES string of the molecule is Cc1ccc(C)c(S(=O)(=O)NNC(=O)COc2ccc(Cl)cc2Cl)c1. The molecule has 2 rings (SSSR count). The van der Waals surface area contributed by atoms with Crippen molar-refractivity contribution in [1.29, 1.82) is 0 Å². The van der Waals surface area contributed by atoms with Gasteiger partial charge < -0.3 is 4.74 Å². The fourth-order valence-electron chi connectivity index (χ4n) is 1.95. The van der Waals surface area contributed by atoms with Gasteiger partial charge in [0, 0.05) is 5.02 Å². The number of sulfonamides is 1. The quantitative estimate of drug-likeness (QED) is 0.727. The first-order chi connectivity index (χ1) is 11.7. The Labute approximate surface area is 156 Å². The summed E-state index contributed by atoms with van der Waals surface area (Å²) in [5.74, 6) is -0.418. The van der Waals surface area contributed by atoms with Gasteiger partial charge in [0.1, 0.15) is 5.75 Å². The van der Waals surface area contributed by atoms with Gasteiger partial charge in [0.2, 0.25) is 0 Å². The first-order valence-corrected chi connectivity index (χ1v) is 9.39. The van der Waals surface area contributed by atoms with Crippen molar-refractivity contribution in [2.45, 2.75) is 18.7 Å². The topological polar surface area (TPSA) is 84.5 Å². The van der Waals surface area contributed by atoms with Crippen LogP contribution in [0.1, 0.15) is 11.1 Å². The van der Waals surface area contributed by atoms with Crippen molar-refractivity contribution in [3.8, 4) is 5.75 Å².